The number of amides is 1. The molecule has 0 saturated carbocycles. The molecule has 38 heavy (non-hydrogen) atoms. The molecule has 1 aliphatic rings. The molecule has 3 aromatic rings. The highest BCUT2D eigenvalue weighted by Crippen LogP contribution is 2.34. The number of sulfonamides is 1. The van der Waals surface area contributed by atoms with Crippen molar-refractivity contribution in [3.63, 3.8) is 0 Å². The second-order valence-electron chi connectivity index (χ2n) is 9.63. The summed E-state index contributed by atoms with van der Waals surface area (Å²) < 4.78 is 29.5. The summed E-state index contributed by atoms with van der Waals surface area (Å²) in [4.78, 5) is 14.5. The van der Waals surface area contributed by atoms with E-state index in [2.05, 4.69) is 19.2 Å². The van der Waals surface area contributed by atoms with Crippen LogP contribution >= 0.6 is 34.8 Å². The van der Waals surface area contributed by atoms with Crippen LogP contribution in [0.25, 0.3) is 5.69 Å². The summed E-state index contributed by atoms with van der Waals surface area (Å²) in [7, 11) is -3.87. The van der Waals surface area contributed by atoms with Crippen molar-refractivity contribution in [3.8, 4) is 5.69 Å². The number of hydrogen-bond acceptors (Lipinski definition) is 5. The average molecular weight is 599 g/mol. The van der Waals surface area contributed by atoms with Crippen LogP contribution in [0.1, 0.15) is 25.2 Å². The molecule has 1 amide bonds. The molecule has 2 heterocycles. The third-order valence-electron chi connectivity index (χ3n) is 6.19. The van der Waals surface area contributed by atoms with Crippen LogP contribution < -0.4 is 5.32 Å². The maximum atomic E-state index is 13.1. The Morgan fingerprint density at radius 2 is 1.71 bits per heavy atom. The van der Waals surface area contributed by atoms with Crippen LogP contribution in [0.3, 0.4) is 0 Å². The van der Waals surface area contributed by atoms with E-state index in [9.17, 15) is 13.2 Å². The van der Waals surface area contributed by atoms with Gasteiger partial charge in [-0.2, -0.15) is 9.40 Å². The van der Waals surface area contributed by atoms with Crippen LogP contribution in [0.4, 0.5) is 0 Å². The van der Waals surface area contributed by atoms with E-state index in [-0.39, 0.29) is 45.5 Å². The predicted octanol–water partition coefficient (Wildman–Crippen LogP) is 4.65. The van der Waals surface area contributed by atoms with Gasteiger partial charge in [-0.25, -0.2) is 13.1 Å². The minimum absolute atomic E-state index is 0.0517. The minimum atomic E-state index is -3.87. The Bertz CT molecular complexity index is 1390. The lowest BCUT2D eigenvalue weighted by atomic mass is 10.1. The Balaban J connectivity index is 1.33. The van der Waals surface area contributed by atoms with Crippen LogP contribution in [0.5, 0.6) is 0 Å². The number of nitrogens with one attached hydrogen (secondary N) is 1. The van der Waals surface area contributed by atoms with E-state index in [4.69, 9.17) is 39.9 Å². The lowest BCUT2D eigenvalue weighted by Gasteiger charge is -2.33. The van der Waals surface area contributed by atoms with Crippen molar-refractivity contribution < 1.29 is 13.2 Å². The van der Waals surface area contributed by atoms with Gasteiger partial charge in [0.15, 0.2) is 0 Å². The highest BCUT2D eigenvalue weighted by Gasteiger charge is 2.31. The van der Waals surface area contributed by atoms with Crippen molar-refractivity contribution in [1.82, 2.24) is 24.3 Å². The first kappa shape index (κ1) is 28.9. The first-order valence-electron chi connectivity index (χ1n) is 12.3. The van der Waals surface area contributed by atoms with Gasteiger partial charge in [-0.15, -0.1) is 0 Å². The van der Waals surface area contributed by atoms with E-state index >= 15 is 0 Å². The van der Waals surface area contributed by atoms with Gasteiger partial charge < -0.3 is 5.32 Å². The number of halogens is 3. The largest absolute Gasteiger partial charge is 0.349 e. The molecule has 0 radical (unpaired) electrons. The molecule has 0 unspecified atom stereocenters. The third kappa shape index (κ3) is 6.89. The molecule has 0 bridgehead atoms. The summed E-state index contributed by atoms with van der Waals surface area (Å²) in [6.45, 7) is 6.04. The number of hydrogen-bond donors (Lipinski definition) is 1. The molecule has 1 aromatic heterocycles. The van der Waals surface area contributed by atoms with Crippen LogP contribution in [0.15, 0.2) is 53.4 Å². The number of benzene rings is 2. The molecule has 1 saturated heterocycles. The predicted molar refractivity (Wildman–Crippen MR) is 151 cm³/mol. The standard InChI is InChI=1S/C26H30Cl3N5O3S/c1-18(2)12-22-15-20(31-34(22)21-6-4-3-5-7-21)16-30-25(35)17-32-8-10-33(11-9-32)38(36,37)24-14-19(27)13-23(28)26(24)29/h3-7,13-15,18H,8-12,16-17H2,1-2H3,(H,30,35). The van der Waals surface area contributed by atoms with Gasteiger partial charge in [-0.3, -0.25) is 9.69 Å². The number of carbonyl (C=O) groups excluding carboxylic acids is 1. The van der Waals surface area contributed by atoms with Crippen molar-refractivity contribution in [2.24, 2.45) is 5.92 Å². The van der Waals surface area contributed by atoms with Gasteiger partial charge in [0.1, 0.15) is 4.90 Å². The van der Waals surface area contributed by atoms with Crippen LogP contribution in [0.2, 0.25) is 15.1 Å². The van der Waals surface area contributed by atoms with E-state index < -0.39 is 10.0 Å². The number of nitrogens with zero attached hydrogens (tertiary/aromatic N) is 4. The fraction of sp³-hybridized carbons (Fsp3) is 0.385. The molecule has 0 spiro atoms. The molecule has 1 aliphatic heterocycles. The smallest absolute Gasteiger partial charge is 0.244 e. The van der Waals surface area contributed by atoms with Crippen molar-refractivity contribution in [2.75, 3.05) is 32.7 Å². The Hall–Kier alpha value is -2.14. The summed E-state index contributed by atoms with van der Waals surface area (Å²) in [5.41, 5.74) is 2.86. The summed E-state index contributed by atoms with van der Waals surface area (Å²) in [5, 5.41) is 7.89. The second kappa shape index (κ2) is 12.4. The lowest BCUT2D eigenvalue weighted by molar-refractivity contribution is -0.122. The molecular formula is C26H30Cl3N5O3S. The van der Waals surface area contributed by atoms with E-state index in [0.717, 1.165) is 23.5 Å². The SMILES string of the molecule is CC(C)Cc1cc(CNC(=O)CN2CCN(S(=O)(=O)c3cc(Cl)cc(Cl)c3Cl)CC2)nn1-c1ccccc1. The Morgan fingerprint density at radius 3 is 2.37 bits per heavy atom. The first-order chi connectivity index (χ1) is 18.0. The molecule has 2 aromatic carbocycles. The molecule has 0 aliphatic carbocycles. The zero-order valence-electron chi connectivity index (χ0n) is 21.2. The summed E-state index contributed by atoms with van der Waals surface area (Å²) in [5.74, 6) is 0.316. The van der Waals surface area contributed by atoms with Crippen LogP contribution in [-0.2, 0) is 27.8 Å². The van der Waals surface area contributed by atoms with Crippen LogP contribution in [0, 0.1) is 5.92 Å². The van der Waals surface area contributed by atoms with Gasteiger partial charge in [0.2, 0.25) is 15.9 Å². The van der Waals surface area contributed by atoms with Crippen molar-refractivity contribution in [2.45, 2.75) is 31.7 Å². The topological polar surface area (TPSA) is 87.5 Å². The number of carbonyl (C=O) groups is 1. The molecule has 12 heteroatoms. The maximum Gasteiger partial charge on any atom is 0.244 e. The summed E-state index contributed by atoms with van der Waals surface area (Å²) in [6.07, 6.45) is 0.871. The number of aromatic nitrogens is 2. The lowest BCUT2D eigenvalue weighted by Crippen LogP contribution is -2.51. The molecule has 0 atom stereocenters. The second-order valence-corrected chi connectivity index (χ2v) is 12.8. The molecule has 1 fully saturated rings. The first-order valence-corrected chi connectivity index (χ1v) is 14.9. The van der Waals surface area contributed by atoms with E-state index in [1.165, 1.54) is 16.4 Å². The molecule has 4 rings (SSSR count). The highest BCUT2D eigenvalue weighted by atomic mass is 35.5. The third-order valence-corrected chi connectivity index (χ3v) is 9.25. The monoisotopic (exact) mass is 597 g/mol. The van der Waals surface area contributed by atoms with Gasteiger partial charge in [-0.05, 0) is 42.7 Å². The van der Waals surface area contributed by atoms with Gasteiger partial charge in [0.25, 0.3) is 0 Å². The average Bonchev–Trinajstić information content (AvgIpc) is 3.27. The number of rotatable bonds is 9. The fourth-order valence-corrected chi connectivity index (χ4v) is 6.90. The molecule has 8 nitrogen and oxygen atoms in total. The zero-order valence-corrected chi connectivity index (χ0v) is 24.3. The maximum absolute atomic E-state index is 13.1. The van der Waals surface area contributed by atoms with E-state index in [0.29, 0.717) is 25.6 Å². The van der Waals surface area contributed by atoms with E-state index in [1.807, 2.05) is 46.0 Å². The van der Waals surface area contributed by atoms with Crippen molar-refractivity contribution in [1.29, 1.82) is 0 Å². The molecular weight excluding hydrogens is 569 g/mol. The van der Waals surface area contributed by atoms with Crippen molar-refractivity contribution >= 4 is 50.7 Å². The quantitative estimate of drug-likeness (QED) is 0.362. The van der Waals surface area contributed by atoms with Gasteiger partial charge in [-0.1, -0.05) is 66.8 Å². The summed E-state index contributed by atoms with van der Waals surface area (Å²) >= 11 is 18.2. The normalized spacial score (nSPS) is 15.2. The Morgan fingerprint density at radius 1 is 1.03 bits per heavy atom. The molecule has 1 N–H and O–H groups in total. The summed E-state index contributed by atoms with van der Waals surface area (Å²) in [6, 6.07) is 14.7. The van der Waals surface area contributed by atoms with Gasteiger partial charge in [0, 0.05) is 36.9 Å². The van der Waals surface area contributed by atoms with Crippen molar-refractivity contribution in [3.05, 3.63) is 75.0 Å². The highest BCUT2D eigenvalue weighted by molar-refractivity contribution is 7.89. The Labute approximate surface area is 238 Å². The zero-order chi connectivity index (χ0) is 27.4. The number of piperazine rings is 1. The fourth-order valence-electron chi connectivity index (χ4n) is 4.35. The molecule has 204 valence electrons. The van der Waals surface area contributed by atoms with E-state index in [1.54, 1.807) is 0 Å². The van der Waals surface area contributed by atoms with Crippen LogP contribution in [-0.4, -0.2) is 66.0 Å². The van der Waals surface area contributed by atoms with Gasteiger partial charge in [0.05, 0.1) is 34.5 Å². The number of para-hydroxylation sites is 1. The Kier molecular flexibility index (Phi) is 9.39. The van der Waals surface area contributed by atoms with Gasteiger partial charge >= 0.3 is 0 Å². The minimum Gasteiger partial charge on any atom is -0.349 e.